The van der Waals surface area contributed by atoms with E-state index in [0.29, 0.717) is 18.7 Å². The predicted octanol–water partition coefficient (Wildman–Crippen LogP) is 1.68. The van der Waals surface area contributed by atoms with Crippen molar-refractivity contribution < 1.29 is 23.1 Å². The van der Waals surface area contributed by atoms with Gasteiger partial charge in [-0.15, -0.1) is 0 Å². The third-order valence-electron chi connectivity index (χ3n) is 4.49. The number of rotatable bonds is 2. The number of piperidine rings is 1. The molecule has 1 atom stereocenters. The minimum absolute atomic E-state index is 0.0183. The molecule has 2 heterocycles. The summed E-state index contributed by atoms with van der Waals surface area (Å²) in [6.07, 6.45) is -0.183. The van der Waals surface area contributed by atoms with Crippen LogP contribution < -0.4 is 10.1 Å². The number of halogens is 2. The van der Waals surface area contributed by atoms with Crippen molar-refractivity contribution in [3.05, 3.63) is 29.8 Å². The summed E-state index contributed by atoms with van der Waals surface area (Å²) in [6, 6.07) is 6.37. The van der Waals surface area contributed by atoms with Crippen LogP contribution in [0.4, 0.5) is 8.78 Å². The maximum atomic E-state index is 14.1. The molecule has 0 saturated carbocycles. The Kier molecular flexibility index (Phi) is 3.74. The van der Waals surface area contributed by atoms with E-state index in [0.717, 1.165) is 4.90 Å². The fraction of sp³-hybridized carbons (Fsp3) is 0.500. The maximum absolute atomic E-state index is 14.1. The van der Waals surface area contributed by atoms with Gasteiger partial charge in [-0.1, -0.05) is 6.07 Å². The van der Waals surface area contributed by atoms with E-state index in [4.69, 9.17) is 4.74 Å². The molecule has 2 saturated heterocycles. The number of nitrogens with zero attached hydrogens (tertiary/aromatic N) is 1. The molecule has 0 radical (unpaired) electrons. The maximum Gasteiger partial charge on any atom is 0.266 e. The average Bonchev–Trinajstić information content (AvgIpc) is 2.84. The molecule has 2 fully saturated rings. The fourth-order valence-corrected chi connectivity index (χ4v) is 3.43. The summed E-state index contributed by atoms with van der Waals surface area (Å²) in [5, 5.41) is 2.61. The highest BCUT2D eigenvalue weighted by Crippen LogP contribution is 2.43. The van der Waals surface area contributed by atoms with E-state index in [1.807, 2.05) is 0 Å². The highest BCUT2D eigenvalue weighted by atomic mass is 19.3. The number of ether oxygens (including phenoxy) is 1. The molecule has 7 heteroatoms. The van der Waals surface area contributed by atoms with Gasteiger partial charge in [0.05, 0.1) is 19.1 Å². The number of amides is 2. The van der Waals surface area contributed by atoms with Gasteiger partial charge in [0.1, 0.15) is 5.75 Å². The molecular formula is C16H18F2N2O3. The summed E-state index contributed by atoms with van der Waals surface area (Å²) in [6.45, 7) is -0.279. The van der Waals surface area contributed by atoms with Gasteiger partial charge in [0.2, 0.25) is 5.91 Å². The van der Waals surface area contributed by atoms with Crippen molar-refractivity contribution in [2.45, 2.75) is 18.8 Å². The lowest BCUT2D eigenvalue weighted by atomic mass is 9.77. The second kappa shape index (κ2) is 5.47. The first-order chi connectivity index (χ1) is 10.9. The summed E-state index contributed by atoms with van der Waals surface area (Å²) >= 11 is 0. The molecule has 0 aliphatic carbocycles. The molecule has 0 unspecified atom stereocenters. The molecule has 1 N–H and O–H groups in total. The van der Waals surface area contributed by atoms with Crippen molar-refractivity contribution >= 4 is 11.8 Å². The first kappa shape index (κ1) is 15.7. The molecule has 23 heavy (non-hydrogen) atoms. The summed E-state index contributed by atoms with van der Waals surface area (Å²) in [5.41, 5.74) is -0.911. The van der Waals surface area contributed by atoms with E-state index in [2.05, 4.69) is 5.32 Å². The largest absolute Gasteiger partial charge is 0.497 e. The number of hydrogen-bond acceptors (Lipinski definition) is 3. The lowest BCUT2D eigenvalue weighted by molar-refractivity contribution is -0.144. The normalized spacial score (nSPS) is 26.2. The number of carbonyl (C=O) groups excluding carboxylic acids is 2. The molecule has 2 aliphatic rings. The van der Waals surface area contributed by atoms with Crippen molar-refractivity contribution in [2.24, 2.45) is 5.41 Å². The Labute approximate surface area is 132 Å². The number of nitrogens with one attached hydrogen (secondary N) is 1. The van der Waals surface area contributed by atoms with Crippen LogP contribution >= 0.6 is 0 Å². The van der Waals surface area contributed by atoms with Crippen LogP contribution in [0.25, 0.3) is 0 Å². The third kappa shape index (κ3) is 2.87. The standard InChI is InChI=1S/C16H18F2N2O3/c1-23-12-4-2-3-11(7-12)13(21)20-9-15(5-6-19-14(15)22)8-16(17,18)10-20/h2-4,7H,5-6,8-10H2,1H3,(H,19,22)/t15-/m1/s1. The molecule has 2 aliphatic heterocycles. The van der Waals surface area contributed by atoms with Crippen LogP contribution in [-0.4, -0.2) is 49.4 Å². The van der Waals surface area contributed by atoms with Gasteiger partial charge in [0, 0.05) is 25.1 Å². The zero-order valence-corrected chi connectivity index (χ0v) is 12.8. The van der Waals surface area contributed by atoms with Crippen molar-refractivity contribution in [3.63, 3.8) is 0 Å². The lowest BCUT2D eigenvalue weighted by Crippen LogP contribution is -2.56. The zero-order valence-electron chi connectivity index (χ0n) is 12.8. The monoisotopic (exact) mass is 324 g/mol. The summed E-state index contributed by atoms with van der Waals surface area (Å²) in [7, 11) is 1.47. The van der Waals surface area contributed by atoms with Gasteiger partial charge >= 0.3 is 0 Å². The Bertz CT molecular complexity index is 650. The highest BCUT2D eigenvalue weighted by Gasteiger charge is 2.55. The quantitative estimate of drug-likeness (QED) is 0.900. The number of methoxy groups -OCH3 is 1. The van der Waals surface area contributed by atoms with Crippen LogP contribution in [0.1, 0.15) is 23.2 Å². The number of carbonyl (C=O) groups is 2. The van der Waals surface area contributed by atoms with Crippen molar-refractivity contribution in [1.29, 1.82) is 0 Å². The Balaban J connectivity index is 1.89. The highest BCUT2D eigenvalue weighted by molar-refractivity contribution is 5.95. The van der Waals surface area contributed by atoms with Crippen LogP contribution in [0.2, 0.25) is 0 Å². The van der Waals surface area contributed by atoms with Gasteiger partial charge in [-0.05, 0) is 24.6 Å². The van der Waals surface area contributed by atoms with E-state index >= 15 is 0 Å². The second-order valence-corrected chi connectivity index (χ2v) is 6.21. The number of alkyl halides is 2. The van der Waals surface area contributed by atoms with Crippen molar-refractivity contribution in [1.82, 2.24) is 10.2 Å². The number of benzene rings is 1. The second-order valence-electron chi connectivity index (χ2n) is 6.21. The topological polar surface area (TPSA) is 58.6 Å². The lowest BCUT2D eigenvalue weighted by Gasteiger charge is -2.42. The predicted molar refractivity (Wildman–Crippen MR) is 78.5 cm³/mol. The molecule has 0 bridgehead atoms. The molecule has 3 rings (SSSR count). The van der Waals surface area contributed by atoms with Gasteiger partial charge in [-0.3, -0.25) is 9.59 Å². The van der Waals surface area contributed by atoms with Crippen LogP contribution in [0, 0.1) is 5.41 Å². The van der Waals surface area contributed by atoms with Gasteiger partial charge < -0.3 is 15.0 Å². The summed E-state index contributed by atoms with van der Waals surface area (Å²) < 4.78 is 33.4. The van der Waals surface area contributed by atoms with Gasteiger partial charge in [-0.25, -0.2) is 8.78 Å². The Hall–Kier alpha value is -2.18. The molecule has 124 valence electrons. The molecular weight excluding hydrogens is 306 g/mol. The first-order valence-corrected chi connectivity index (χ1v) is 7.45. The van der Waals surface area contributed by atoms with Gasteiger partial charge in [-0.2, -0.15) is 0 Å². The Morgan fingerprint density at radius 3 is 2.78 bits per heavy atom. The Morgan fingerprint density at radius 2 is 2.13 bits per heavy atom. The third-order valence-corrected chi connectivity index (χ3v) is 4.49. The summed E-state index contributed by atoms with van der Waals surface area (Å²) in [5.74, 6) is -3.50. The zero-order chi connectivity index (χ0) is 16.7. The van der Waals surface area contributed by atoms with Crippen LogP contribution in [0.5, 0.6) is 5.75 Å². The number of likely N-dealkylation sites (tertiary alicyclic amines) is 1. The molecule has 5 nitrogen and oxygen atoms in total. The van der Waals surface area contributed by atoms with Crippen LogP contribution in [0.3, 0.4) is 0 Å². The Morgan fingerprint density at radius 1 is 1.35 bits per heavy atom. The summed E-state index contributed by atoms with van der Waals surface area (Å²) in [4.78, 5) is 25.7. The van der Waals surface area contributed by atoms with Crippen LogP contribution in [0.15, 0.2) is 24.3 Å². The van der Waals surface area contributed by atoms with Crippen molar-refractivity contribution in [3.8, 4) is 5.75 Å². The number of hydrogen-bond donors (Lipinski definition) is 1. The SMILES string of the molecule is COc1cccc(C(=O)N2CC(F)(F)C[C@]3(CCNC3=O)C2)c1. The van der Waals surface area contributed by atoms with E-state index in [1.54, 1.807) is 18.2 Å². The van der Waals surface area contributed by atoms with Crippen molar-refractivity contribution in [2.75, 3.05) is 26.7 Å². The van der Waals surface area contributed by atoms with E-state index < -0.39 is 30.2 Å². The van der Waals surface area contributed by atoms with Crippen LogP contribution in [-0.2, 0) is 4.79 Å². The minimum atomic E-state index is -3.07. The smallest absolute Gasteiger partial charge is 0.266 e. The molecule has 1 aromatic rings. The van der Waals surface area contributed by atoms with E-state index in [-0.39, 0.29) is 18.0 Å². The van der Waals surface area contributed by atoms with E-state index in [1.165, 1.54) is 13.2 Å². The minimum Gasteiger partial charge on any atom is -0.497 e. The molecule has 2 amide bonds. The van der Waals surface area contributed by atoms with Gasteiger partial charge in [0.15, 0.2) is 0 Å². The van der Waals surface area contributed by atoms with E-state index in [9.17, 15) is 18.4 Å². The molecule has 0 aromatic heterocycles. The van der Waals surface area contributed by atoms with Gasteiger partial charge in [0.25, 0.3) is 11.8 Å². The molecule has 1 aromatic carbocycles. The average molecular weight is 324 g/mol. The first-order valence-electron chi connectivity index (χ1n) is 7.45. The fourth-order valence-electron chi connectivity index (χ4n) is 3.43. The molecule has 1 spiro atoms.